The highest BCUT2D eigenvalue weighted by atomic mass is 35.5. The first-order valence-electron chi connectivity index (χ1n) is 9.52. The van der Waals surface area contributed by atoms with Crippen molar-refractivity contribution in [3.63, 3.8) is 0 Å². The minimum atomic E-state index is -0.340. The molecule has 2 heterocycles. The maximum Gasteiger partial charge on any atom is 0.348 e. The van der Waals surface area contributed by atoms with Crippen LogP contribution in [0.3, 0.4) is 0 Å². The van der Waals surface area contributed by atoms with E-state index >= 15 is 0 Å². The molecule has 2 aromatic heterocycles. The molecule has 2 aromatic carbocycles. The average Bonchev–Trinajstić information content (AvgIpc) is 3.03. The fourth-order valence-corrected chi connectivity index (χ4v) is 4.22. The third-order valence-electron chi connectivity index (χ3n) is 4.73. The zero-order valence-corrected chi connectivity index (χ0v) is 18.4. The molecular formula is C22H19Cl3N3O2+. The number of ether oxygens (including phenoxy) is 1. The summed E-state index contributed by atoms with van der Waals surface area (Å²) >= 11 is 18.7. The van der Waals surface area contributed by atoms with Gasteiger partial charge in [0.05, 0.1) is 16.7 Å². The molecule has 0 unspecified atom stereocenters. The summed E-state index contributed by atoms with van der Waals surface area (Å²) in [5.41, 5.74) is 0.326. The quantitative estimate of drug-likeness (QED) is 0.293. The third-order valence-corrected chi connectivity index (χ3v) is 5.53. The maximum absolute atomic E-state index is 13.4. The molecule has 8 heteroatoms. The van der Waals surface area contributed by atoms with E-state index in [4.69, 9.17) is 39.5 Å². The van der Waals surface area contributed by atoms with Crippen LogP contribution >= 0.6 is 34.8 Å². The fraction of sp³-hybridized carbons (Fsp3) is 0.182. The summed E-state index contributed by atoms with van der Waals surface area (Å²) in [4.78, 5) is 13.4. The first kappa shape index (κ1) is 20.8. The van der Waals surface area contributed by atoms with Crippen molar-refractivity contribution in [1.82, 2.24) is 9.78 Å². The van der Waals surface area contributed by atoms with E-state index in [0.717, 1.165) is 23.6 Å². The van der Waals surface area contributed by atoms with Crippen molar-refractivity contribution in [1.29, 1.82) is 0 Å². The van der Waals surface area contributed by atoms with Crippen molar-refractivity contribution in [3.8, 4) is 17.3 Å². The first-order valence-corrected chi connectivity index (χ1v) is 10.7. The van der Waals surface area contributed by atoms with Crippen molar-refractivity contribution in [2.75, 3.05) is 6.61 Å². The standard InChI is InChI=1S/C22H18Cl3N3O2/c1-2-3-10-30-21-20(27-9-8-14-6-4-5-7-15(14)13-27)22(29)28(26-21)19-17(24)11-16(23)12-18(19)25/h4-9,11-13H,2-3,10H2,1H3/p+1. The van der Waals surface area contributed by atoms with Crippen molar-refractivity contribution < 1.29 is 9.30 Å². The maximum atomic E-state index is 13.4. The number of fused-ring (bicyclic) bond motifs is 1. The van der Waals surface area contributed by atoms with Crippen LogP contribution in [0.15, 0.2) is 59.7 Å². The Hall–Kier alpha value is -2.47. The van der Waals surface area contributed by atoms with Crippen LogP contribution in [0.25, 0.3) is 22.1 Å². The van der Waals surface area contributed by atoms with E-state index in [1.54, 1.807) is 4.57 Å². The zero-order chi connectivity index (χ0) is 21.3. The van der Waals surface area contributed by atoms with Crippen LogP contribution in [0.1, 0.15) is 19.8 Å². The number of hydrogen-bond donors (Lipinski definition) is 1. The molecule has 0 bridgehead atoms. The molecule has 0 atom stereocenters. The molecule has 0 saturated heterocycles. The van der Waals surface area contributed by atoms with Gasteiger partial charge in [0.2, 0.25) is 0 Å². The van der Waals surface area contributed by atoms with Gasteiger partial charge in [-0.25, -0.2) is 4.68 Å². The van der Waals surface area contributed by atoms with E-state index in [0.29, 0.717) is 28.9 Å². The minimum Gasteiger partial charge on any atom is -0.473 e. The number of unbranched alkanes of at least 4 members (excludes halogenated alkanes) is 1. The Morgan fingerprint density at radius 1 is 1.07 bits per heavy atom. The van der Waals surface area contributed by atoms with E-state index in [1.807, 2.05) is 42.7 Å². The second-order valence-electron chi connectivity index (χ2n) is 6.83. The summed E-state index contributed by atoms with van der Waals surface area (Å²) in [6.07, 6.45) is 5.55. The topological polar surface area (TPSA) is 50.9 Å². The van der Waals surface area contributed by atoms with Crippen LogP contribution in [-0.4, -0.2) is 16.4 Å². The molecule has 4 aromatic rings. The van der Waals surface area contributed by atoms with Gasteiger partial charge < -0.3 is 4.74 Å². The van der Waals surface area contributed by atoms with Crippen LogP contribution in [0.5, 0.6) is 5.88 Å². The first-order chi connectivity index (χ1) is 14.5. The average molecular weight is 464 g/mol. The number of halogens is 3. The number of hydrogen-bond acceptors (Lipinski definition) is 2. The Labute approximate surface area is 188 Å². The summed E-state index contributed by atoms with van der Waals surface area (Å²) in [5.74, 6) is 0.343. The van der Waals surface area contributed by atoms with Crippen molar-refractivity contribution >= 4 is 45.6 Å². The Bertz CT molecular complexity index is 1260. The van der Waals surface area contributed by atoms with Gasteiger partial charge in [-0.15, -0.1) is 0 Å². The highest BCUT2D eigenvalue weighted by Crippen LogP contribution is 2.32. The smallest absolute Gasteiger partial charge is 0.348 e. The van der Waals surface area contributed by atoms with Gasteiger partial charge in [0.15, 0.2) is 12.4 Å². The molecule has 30 heavy (non-hydrogen) atoms. The number of pyridine rings is 1. The van der Waals surface area contributed by atoms with Crippen molar-refractivity contribution in [2.24, 2.45) is 0 Å². The van der Waals surface area contributed by atoms with Crippen LogP contribution in [0, 0.1) is 0 Å². The van der Waals surface area contributed by atoms with Gasteiger partial charge in [0, 0.05) is 16.5 Å². The molecule has 5 nitrogen and oxygen atoms in total. The zero-order valence-electron chi connectivity index (χ0n) is 16.2. The van der Waals surface area contributed by atoms with Crippen LogP contribution in [0.4, 0.5) is 0 Å². The third kappa shape index (κ3) is 3.93. The molecule has 0 spiro atoms. The Morgan fingerprint density at radius 2 is 1.77 bits per heavy atom. The Morgan fingerprint density at radius 3 is 2.47 bits per heavy atom. The lowest BCUT2D eigenvalue weighted by Crippen LogP contribution is -2.36. The number of rotatable bonds is 6. The minimum absolute atomic E-state index is 0.256. The molecule has 154 valence electrons. The number of aromatic amines is 1. The second-order valence-corrected chi connectivity index (χ2v) is 8.08. The predicted molar refractivity (Wildman–Crippen MR) is 121 cm³/mol. The van der Waals surface area contributed by atoms with Crippen molar-refractivity contribution in [2.45, 2.75) is 19.8 Å². The van der Waals surface area contributed by atoms with Gasteiger partial charge >= 0.3 is 11.2 Å². The van der Waals surface area contributed by atoms with E-state index in [2.05, 4.69) is 12.0 Å². The van der Waals surface area contributed by atoms with Gasteiger partial charge in [-0.2, -0.15) is 4.57 Å². The molecule has 0 aliphatic heterocycles. The summed E-state index contributed by atoms with van der Waals surface area (Å²) in [5, 5.41) is 5.99. The molecule has 0 fully saturated rings. The Kier molecular flexibility index (Phi) is 6.04. The summed E-state index contributed by atoms with van der Waals surface area (Å²) in [7, 11) is 0. The molecule has 0 amide bonds. The molecule has 0 saturated carbocycles. The van der Waals surface area contributed by atoms with Gasteiger partial charge in [0.25, 0.3) is 5.88 Å². The fourth-order valence-electron chi connectivity index (χ4n) is 3.23. The number of H-pyrrole nitrogens is 1. The highest BCUT2D eigenvalue weighted by molar-refractivity contribution is 6.40. The normalized spacial score (nSPS) is 11.2. The molecule has 0 radical (unpaired) electrons. The van der Waals surface area contributed by atoms with E-state index in [1.165, 1.54) is 16.8 Å². The SMILES string of the molecule is CCCCOc1[nH]n(-c2c(Cl)cc(Cl)cc2Cl)c(=O)c1-[n+]1ccc2ccccc2c1. The predicted octanol–water partition coefficient (Wildman–Crippen LogP) is 5.73. The van der Waals surface area contributed by atoms with Gasteiger partial charge in [-0.1, -0.05) is 66.3 Å². The number of benzene rings is 2. The van der Waals surface area contributed by atoms with E-state index < -0.39 is 0 Å². The number of aromatic nitrogens is 3. The molecule has 0 aliphatic carbocycles. The van der Waals surface area contributed by atoms with Gasteiger partial charge in [0.1, 0.15) is 5.69 Å². The van der Waals surface area contributed by atoms with Crippen LogP contribution in [0.2, 0.25) is 15.1 Å². The van der Waals surface area contributed by atoms with E-state index in [9.17, 15) is 4.79 Å². The van der Waals surface area contributed by atoms with Crippen LogP contribution < -0.4 is 14.9 Å². The van der Waals surface area contributed by atoms with Gasteiger partial charge in [-0.3, -0.25) is 9.89 Å². The number of nitrogens with one attached hydrogen (secondary N) is 1. The summed E-state index contributed by atoms with van der Waals surface area (Å²) < 4.78 is 8.96. The Balaban J connectivity index is 1.91. The second kappa shape index (κ2) is 8.72. The molecule has 4 rings (SSSR count). The van der Waals surface area contributed by atoms with E-state index in [-0.39, 0.29) is 15.6 Å². The lowest BCUT2D eigenvalue weighted by molar-refractivity contribution is -0.595. The van der Waals surface area contributed by atoms with Gasteiger partial charge in [-0.05, 0) is 30.0 Å². The largest absolute Gasteiger partial charge is 0.473 e. The summed E-state index contributed by atoms with van der Waals surface area (Å²) in [6, 6.07) is 13.0. The van der Waals surface area contributed by atoms with Crippen LogP contribution in [-0.2, 0) is 0 Å². The monoisotopic (exact) mass is 462 g/mol. The molecule has 0 aliphatic rings. The lowest BCUT2D eigenvalue weighted by atomic mass is 10.2. The molecule has 1 N–H and O–H groups in total. The molecular weight excluding hydrogens is 445 g/mol. The summed E-state index contributed by atoms with van der Waals surface area (Å²) in [6.45, 7) is 2.54. The highest BCUT2D eigenvalue weighted by Gasteiger charge is 2.28. The lowest BCUT2D eigenvalue weighted by Gasteiger charge is -2.07. The number of nitrogens with zero attached hydrogens (tertiary/aromatic N) is 2. The van der Waals surface area contributed by atoms with Crippen molar-refractivity contribution in [3.05, 3.63) is 80.3 Å².